The quantitative estimate of drug-likeness (QED) is 0.406. The largest absolute Gasteiger partial charge is 0.480 e. The number of carbonyl (C=O) groups is 1. The fraction of sp³-hybridized carbons (Fsp3) is 0.875. The second-order valence-corrected chi connectivity index (χ2v) is 4.46. The van der Waals surface area contributed by atoms with Crippen LogP contribution in [-0.4, -0.2) is 62.8 Å². The maximum Gasteiger partial charge on any atom is 0.316 e. The van der Waals surface area contributed by atoms with Crippen molar-refractivity contribution < 1.29 is 30.3 Å². The topological polar surface area (TPSA) is 118 Å². The molecule has 1 atom stereocenters. The number of carboxylic acid groups (broad SMARTS) is 1. The zero-order valence-corrected chi connectivity index (χ0v) is 10.0. The van der Waals surface area contributed by atoms with Crippen molar-refractivity contribution >= 4 is 21.9 Å². The lowest BCUT2D eigenvalue weighted by atomic mass is 9.93. The minimum Gasteiger partial charge on any atom is -0.480 e. The number of rotatable bonds is 5. The first-order valence-electron chi connectivity index (χ1n) is 4.19. The van der Waals surface area contributed by atoms with Gasteiger partial charge in [-0.05, 0) is 6.92 Å². The summed E-state index contributed by atoms with van der Waals surface area (Å²) in [6, 6.07) is 0. The molecule has 0 aromatic carbocycles. The number of aliphatic hydroxyl groups is 4. The Balaban J connectivity index is 0. The SMILES string of the molecule is CC(Br)C(=O)O.OCC(CO)(CO)CO. The summed E-state index contributed by atoms with van der Waals surface area (Å²) < 4.78 is 0. The van der Waals surface area contributed by atoms with Gasteiger partial charge in [0.2, 0.25) is 0 Å². The van der Waals surface area contributed by atoms with Crippen molar-refractivity contribution in [2.24, 2.45) is 5.41 Å². The van der Waals surface area contributed by atoms with Gasteiger partial charge in [-0.3, -0.25) is 4.79 Å². The molecule has 0 aliphatic carbocycles. The molecule has 15 heavy (non-hydrogen) atoms. The van der Waals surface area contributed by atoms with Gasteiger partial charge in [-0.15, -0.1) is 0 Å². The van der Waals surface area contributed by atoms with Gasteiger partial charge in [0.15, 0.2) is 0 Å². The molecule has 0 aromatic rings. The Labute approximate surface area is 96.3 Å². The van der Waals surface area contributed by atoms with Gasteiger partial charge in [0.25, 0.3) is 0 Å². The third kappa shape index (κ3) is 7.69. The van der Waals surface area contributed by atoms with E-state index in [9.17, 15) is 4.79 Å². The summed E-state index contributed by atoms with van der Waals surface area (Å²) >= 11 is 2.84. The molecule has 6 nitrogen and oxygen atoms in total. The molecule has 0 aromatic heterocycles. The van der Waals surface area contributed by atoms with Gasteiger partial charge in [0.05, 0.1) is 31.8 Å². The summed E-state index contributed by atoms with van der Waals surface area (Å²) in [5.74, 6) is -0.824. The molecule has 0 bridgehead atoms. The molecule has 92 valence electrons. The molecule has 0 amide bonds. The Morgan fingerprint density at radius 1 is 1.13 bits per heavy atom. The fourth-order valence-corrected chi connectivity index (χ4v) is 0.300. The van der Waals surface area contributed by atoms with E-state index in [1.807, 2.05) is 0 Å². The van der Waals surface area contributed by atoms with Crippen molar-refractivity contribution in [2.75, 3.05) is 26.4 Å². The minimum absolute atomic E-state index is 0.406. The Morgan fingerprint density at radius 3 is 1.33 bits per heavy atom. The molecule has 1 unspecified atom stereocenters. The van der Waals surface area contributed by atoms with Gasteiger partial charge in [0, 0.05) is 0 Å². The number of hydrogen-bond acceptors (Lipinski definition) is 5. The highest BCUT2D eigenvalue weighted by molar-refractivity contribution is 9.10. The normalized spacial score (nSPS) is 12.7. The number of aliphatic carboxylic acids is 1. The van der Waals surface area contributed by atoms with Gasteiger partial charge in [0.1, 0.15) is 4.83 Å². The predicted octanol–water partition coefficient (Wildman–Crippen LogP) is -1.20. The van der Waals surface area contributed by atoms with Crippen molar-refractivity contribution in [3.05, 3.63) is 0 Å². The number of hydrogen-bond donors (Lipinski definition) is 5. The van der Waals surface area contributed by atoms with Crippen LogP contribution >= 0.6 is 15.9 Å². The Kier molecular flexibility index (Phi) is 10.4. The van der Waals surface area contributed by atoms with Crippen LogP contribution in [0.3, 0.4) is 0 Å². The molecule has 0 aliphatic rings. The lowest BCUT2D eigenvalue weighted by molar-refractivity contribution is -0.135. The van der Waals surface area contributed by atoms with Crippen LogP contribution in [0.2, 0.25) is 0 Å². The maximum absolute atomic E-state index is 9.65. The van der Waals surface area contributed by atoms with Gasteiger partial charge in [-0.25, -0.2) is 0 Å². The molecular weight excluding hydrogens is 272 g/mol. The first-order valence-corrected chi connectivity index (χ1v) is 5.11. The second kappa shape index (κ2) is 9.05. The van der Waals surface area contributed by atoms with E-state index in [0.29, 0.717) is 0 Å². The molecule has 0 heterocycles. The minimum atomic E-state index is -1.11. The van der Waals surface area contributed by atoms with Crippen molar-refractivity contribution in [2.45, 2.75) is 11.8 Å². The monoisotopic (exact) mass is 288 g/mol. The number of carboxylic acids is 1. The van der Waals surface area contributed by atoms with Gasteiger partial charge in [-0.2, -0.15) is 0 Å². The summed E-state index contributed by atoms with van der Waals surface area (Å²) in [6.45, 7) is -0.0671. The molecule has 0 aliphatic heterocycles. The summed E-state index contributed by atoms with van der Waals surface area (Å²) in [5.41, 5.74) is -1.11. The molecule has 5 N–H and O–H groups in total. The third-order valence-electron chi connectivity index (χ3n) is 1.68. The summed E-state index contributed by atoms with van der Waals surface area (Å²) in [5, 5.41) is 41.9. The van der Waals surface area contributed by atoms with E-state index in [2.05, 4.69) is 15.9 Å². The second-order valence-electron chi connectivity index (χ2n) is 3.09. The number of alkyl halides is 1. The van der Waals surface area contributed by atoms with E-state index in [0.717, 1.165) is 0 Å². The average molecular weight is 289 g/mol. The number of aliphatic hydroxyl groups excluding tert-OH is 4. The van der Waals surface area contributed by atoms with Gasteiger partial charge < -0.3 is 25.5 Å². The zero-order valence-electron chi connectivity index (χ0n) is 8.43. The lowest BCUT2D eigenvalue weighted by Crippen LogP contribution is -2.37. The van der Waals surface area contributed by atoms with Crippen LogP contribution in [0.5, 0.6) is 0 Å². The molecule has 0 saturated heterocycles. The molecular formula is C8H17BrO6. The Morgan fingerprint density at radius 2 is 1.33 bits per heavy atom. The molecule has 0 rings (SSSR count). The van der Waals surface area contributed by atoms with Crippen LogP contribution in [0.4, 0.5) is 0 Å². The van der Waals surface area contributed by atoms with E-state index in [1.165, 1.54) is 0 Å². The van der Waals surface area contributed by atoms with Crippen LogP contribution < -0.4 is 0 Å². The van der Waals surface area contributed by atoms with E-state index >= 15 is 0 Å². The summed E-state index contributed by atoms with van der Waals surface area (Å²) in [4.78, 5) is 9.23. The number of halogens is 1. The van der Waals surface area contributed by atoms with E-state index in [4.69, 9.17) is 25.5 Å². The highest BCUT2D eigenvalue weighted by Gasteiger charge is 2.26. The third-order valence-corrected chi connectivity index (χ3v) is 2.07. The summed E-state index contributed by atoms with van der Waals surface area (Å²) in [7, 11) is 0. The van der Waals surface area contributed by atoms with Crippen molar-refractivity contribution in [3.8, 4) is 0 Å². The lowest BCUT2D eigenvalue weighted by Gasteiger charge is -2.23. The molecule has 0 radical (unpaired) electrons. The average Bonchev–Trinajstić information content (AvgIpc) is 2.23. The Bertz CT molecular complexity index is 151. The van der Waals surface area contributed by atoms with Crippen LogP contribution in [-0.2, 0) is 4.79 Å². The first-order chi connectivity index (χ1) is 6.89. The first kappa shape index (κ1) is 17.2. The maximum atomic E-state index is 9.65. The van der Waals surface area contributed by atoms with E-state index < -0.39 is 42.6 Å². The smallest absolute Gasteiger partial charge is 0.316 e. The van der Waals surface area contributed by atoms with E-state index in [1.54, 1.807) is 6.92 Å². The van der Waals surface area contributed by atoms with Crippen molar-refractivity contribution in [3.63, 3.8) is 0 Å². The highest BCUT2D eigenvalue weighted by atomic mass is 79.9. The van der Waals surface area contributed by atoms with E-state index in [-0.39, 0.29) is 0 Å². The van der Waals surface area contributed by atoms with Crippen molar-refractivity contribution in [1.29, 1.82) is 0 Å². The predicted molar refractivity (Wildman–Crippen MR) is 56.8 cm³/mol. The fourth-order valence-electron chi connectivity index (χ4n) is 0.300. The highest BCUT2D eigenvalue weighted by Crippen LogP contribution is 2.11. The van der Waals surface area contributed by atoms with Crippen LogP contribution in [0.1, 0.15) is 6.92 Å². The van der Waals surface area contributed by atoms with Crippen LogP contribution in [0.15, 0.2) is 0 Å². The zero-order chi connectivity index (χ0) is 12.5. The van der Waals surface area contributed by atoms with Crippen LogP contribution in [0, 0.1) is 5.41 Å². The van der Waals surface area contributed by atoms with Gasteiger partial charge >= 0.3 is 5.97 Å². The summed E-state index contributed by atoms with van der Waals surface area (Å²) in [6.07, 6.45) is 0. The standard InChI is InChI=1S/C5H12O4.C3H5BrO2/c6-1-5(2-7,3-8)4-9;1-2(4)3(5)6/h6-9H,1-4H2;2H,1H3,(H,5,6). The Hall–Kier alpha value is -0.210. The molecule has 0 spiro atoms. The van der Waals surface area contributed by atoms with Crippen molar-refractivity contribution in [1.82, 2.24) is 0 Å². The molecule has 0 saturated carbocycles. The molecule has 7 heteroatoms. The van der Waals surface area contributed by atoms with Gasteiger partial charge in [-0.1, -0.05) is 15.9 Å². The molecule has 0 fully saturated rings. The van der Waals surface area contributed by atoms with Crippen LogP contribution in [0.25, 0.3) is 0 Å².